The number of hydrogen-bond donors (Lipinski definition) is 1. The Bertz CT molecular complexity index is 1450. The number of aromatic nitrogens is 5. The van der Waals surface area contributed by atoms with Gasteiger partial charge in [-0.2, -0.15) is 20.0 Å². The zero-order valence-corrected chi connectivity index (χ0v) is 18.6. The number of aromatic amines is 1. The third-order valence-electron chi connectivity index (χ3n) is 5.12. The first-order valence-corrected chi connectivity index (χ1v) is 10.7. The first-order valence-electron chi connectivity index (χ1n) is 10.3. The smallest absolute Gasteiger partial charge is 0.216 e. The maximum atomic E-state index is 5.42. The van der Waals surface area contributed by atoms with Gasteiger partial charge in [-0.25, -0.2) is 9.78 Å². The summed E-state index contributed by atoms with van der Waals surface area (Å²) in [5, 5.41) is 16.7. The highest BCUT2D eigenvalue weighted by Crippen LogP contribution is 2.25. The molecule has 0 atom stereocenters. The van der Waals surface area contributed by atoms with Gasteiger partial charge in [0.2, 0.25) is 4.77 Å². The summed E-state index contributed by atoms with van der Waals surface area (Å²) in [6.07, 6.45) is 3.70. The van der Waals surface area contributed by atoms with E-state index in [0.29, 0.717) is 10.6 Å². The molecular weight excluding hydrogens is 432 g/mol. The molecule has 0 saturated heterocycles. The van der Waals surface area contributed by atoms with Crippen molar-refractivity contribution in [2.75, 3.05) is 7.11 Å². The second kappa shape index (κ2) is 9.05. The van der Waals surface area contributed by atoms with Crippen molar-refractivity contribution >= 4 is 18.4 Å². The van der Waals surface area contributed by atoms with Crippen molar-refractivity contribution in [1.82, 2.24) is 24.7 Å². The number of nitrogens with one attached hydrogen (secondary N) is 1. The van der Waals surface area contributed by atoms with Crippen LogP contribution in [0.15, 0.2) is 96.2 Å². The summed E-state index contributed by atoms with van der Waals surface area (Å²) >= 11 is 5.42. The lowest BCUT2D eigenvalue weighted by Crippen LogP contribution is -1.95. The van der Waals surface area contributed by atoms with E-state index in [9.17, 15) is 0 Å². The molecule has 5 aromatic rings. The van der Waals surface area contributed by atoms with Crippen molar-refractivity contribution in [3.8, 4) is 34.1 Å². The van der Waals surface area contributed by atoms with Gasteiger partial charge in [0, 0.05) is 22.9 Å². The van der Waals surface area contributed by atoms with E-state index >= 15 is 0 Å². The Morgan fingerprint density at radius 3 is 2.30 bits per heavy atom. The third kappa shape index (κ3) is 4.24. The van der Waals surface area contributed by atoms with Gasteiger partial charge >= 0.3 is 0 Å². The Morgan fingerprint density at radius 1 is 0.909 bits per heavy atom. The van der Waals surface area contributed by atoms with Gasteiger partial charge in [0.25, 0.3) is 0 Å². The summed E-state index contributed by atoms with van der Waals surface area (Å²) in [6.45, 7) is 0. The fourth-order valence-electron chi connectivity index (χ4n) is 3.46. The third-order valence-corrected chi connectivity index (χ3v) is 5.39. The molecule has 0 aliphatic rings. The largest absolute Gasteiger partial charge is 0.497 e. The summed E-state index contributed by atoms with van der Waals surface area (Å²) in [5.74, 6) is 1.42. The van der Waals surface area contributed by atoms with Crippen LogP contribution in [0.4, 0.5) is 0 Å². The number of hydrogen-bond acceptors (Lipinski definition) is 5. The van der Waals surface area contributed by atoms with Gasteiger partial charge in [-0.05, 0) is 48.6 Å². The van der Waals surface area contributed by atoms with Crippen LogP contribution in [0.5, 0.6) is 5.75 Å². The molecule has 3 aromatic carbocycles. The number of H-pyrrole nitrogens is 1. The van der Waals surface area contributed by atoms with Crippen LogP contribution in [-0.2, 0) is 0 Å². The number of methoxy groups -OCH3 is 1. The van der Waals surface area contributed by atoms with Crippen LogP contribution in [0.25, 0.3) is 28.3 Å². The number of benzene rings is 3. The van der Waals surface area contributed by atoms with Crippen molar-refractivity contribution in [2.24, 2.45) is 5.10 Å². The van der Waals surface area contributed by atoms with Crippen LogP contribution in [0.3, 0.4) is 0 Å². The fourth-order valence-corrected chi connectivity index (χ4v) is 3.64. The fraction of sp³-hybridized carbons (Fsp3) is 0.0400. The number of rotatable bonds is 6. The second-order valence-corrected chi connectivity index (χ2v) is 7.60. The molecule has 0 saturated carbocycles. The summed E-state index contributed by atoms with van der Waals surface area (Å²) in [4.78, 5) is 0. The predicted octanol–water partition coefficient (Wildman–Crippen LogP) is 5.35. The molecule has 1 N–H and O–H groups in total. The maximum Gasteiger partial charge on any atom is 0.216 e. The lowest BCUT2D eigenvalue weighted by molar-refractivity contribution is 0.415. The Balaban J connectivity index is 1.59. The molecule has 5 rings (SSSR count). The van der Waals surface area contributed by atoms with E-state index in [1.54, 1.807) is 18.0 Å². The van der Waals surface area contributed by atoms with Gasteiger partial charge in [-0.15, -0.1) is 0 Å². The van der Waals surface area contributed by atoms with Gasteiger partial charge in [-0.1, -0.05) is 48.5 Å². The van der Waals surface area contributed by atoms with Crippen LogP contribution >= 0.6 is 12.2 Å². The lowest BCUT2D eigenvalue weighted by atomic mass is 10.1. The minimum absolute atomic E-state index is 0.409. The lowest BCUT2D eigenvalue weighted by Gasteiger charge is -2.03. The van der Waals surface area contributed by atoms with Crippen LogP contribution in [0.2, 0.25) is 0 Å². The Kier molecular flexibility index (Phi) is 5.65. The van der Waals surface area contributed by atoms with Gasteiger partial charge in [0.15, 0.2) is 5.82 Å². The molecule has 0 unspecified atom stereocenters. The molecule has 162 valence electrons. The highest BCUT2D eigenvalue weighted by Gasteiger charge is 2.13. The van der Waals surface area contributed by atoms with Gasteiger partial charge in [-0.3, -0.25) is 0 Å². The molecule has 0 amide bonds. The van der Waals surface area contributed by atoms with Crippen LogP contribution in [-0.4, -0.2) is 38.0 Å². The minimum atomic E-state index is 0.409. The normalized spacial score (nSPS) is 11.2. The molecule has 0 radical (unpaired) electrons. The van der Waals surface area contributed by atoms with E-state index in [-0.39, 0.29) is 0 Å². The van der Waals surface area contributed by atoms with Crippen molar-refractivity contribution in [2.45, 2.75) is 0 Å². The molecule has 0 fully saturated rings. The Labute approximate surface area is 195 Å². The molecule has 0 bridgehead atoms. The van der Waals surface area contributed by atoms with E-state index in [1.165, 1.54) is 0 Å². The van der Waals surface area contributed by atoms with Crippen molar-refractivity contribution in [1.29, 1.82) is 0 Å². The zero-order valence-electron chi connectivity index (χ0n) is 17.8. The van der Waals surface area contributed by atoms with Gasteiger partial charge in [0.1, 0.15) is 11.4 Å². The number of para-hydroxylation sites is 1. The number of nitrogens with zero attached hydrogens (tertiary/aromatic N) is 5. The zero-order chi connectivity index (χ0) is 22.6. The quantitative estimate of drug-likeness (QED) is 0.278. The summed E-state index contributed by atoms with van der Waals surface area (Å²) in [6, 6.07) is 27.5. The highest BCUT2D eigenvalue weighted by molar-refractivity contribution is 7.71. The van der Waals surface area contributed by atoms with Crippen LogP contribution in [0.1, 0.15) is 5.56 Å². The molecule has 2 aromatic heterocycles. The van der Waals surface area contributed by atoms with E-state index in [2.05, 4.69) is 15.3 Å². The van der Waals surface area contributed by atoms with Gasteiger partial charge in [0.05, 0.1) is 19.0 Å². The topological polar surface area (TPSA) is 73.0 Å². The predicted molar refractivity (Wildman–Crippen MR) is 131 cm³/mol. The summed E-state index contributed by atoms with van der Waals surface area (Å²) < 4.78 is 9.16. The summed E-state index contributed by atoms with van der Waals surface area (Å²) in [5.41, 5.74) is 4.45. The molecule has 7 nitrogen and oxygen atoms in total. The van der Waals surface area contributed by atoms with Crippen molar-refractivity contribution < 1.29 is 4.74 Å². The van der Waals surface area contributed by atoms with Crippen LogP contribution in [0, 0.1) is 4.77 Å². The monoisotopic (exact) mass is 452 g/mol. The highest BCUT2D eigenvalue weighted by atomic mass is 32.1. The Morgan fingerprint density at radius 2 is 1.61 bits per heavy atom. The second-order valence-electron chi connectivity index (χ2n) is 7.22. The molecule has 0 aliphatic carbocycles. The van der Waals surface area contributed by atoms with Crippen LogP contribution < -0.4 is 4.74 Å². The van der Waals surface area contributed by atoms with Gasteiger partial charge < -0.3 is 4.74 Å². The molecule has 2 heterocycles. The van der Waals surface area contributed by atoms with Crippen molar-refractivity contribution in [3.05, 3.63) is 101 Å². The van der Waals surface area contributed by atoms with E-state index in [4.69, 9.17) is 22.1 Å². The van der Waals surface area contributed by atoms with E-state index in [1.807, 2.05) is 95.8 Å². The Hall–Kier alpha value is -4.30. The first-order chi connectivity index (χ1) is 16.2. The van der Waals surface area contributed by atoms with E-state index < -0.39 is 0 Å². The molecule has 0 aliphatic heterocycles. The molecule has 8 heteroatoms. The maximum absolute atomic E-state index is 5.42. The number of ether oxygens (including phenoxy) is 1. The molecule has 33 heavy (non-hydrogen) atoms. The minimum Gasteiger partial charge on any atom is -0.497 e. The SMILES string of the molecule is COc1ccc(-c2nn(-c3ccccc3)cc2/C=N/n2c(-c3ccccc3)n[nH]c2=S)cc1. The first kappa shape index (κ1) is 20.6. The summed E-state index contributed by atoms with van der Waals surface area (Å²) in [7, 11) is 1.65. The molecule has 0 spiro atoms. The van der Waals surface area contributed by atoms with Crippen molar-refractivity contribution in [3.63, 3.8) is 0 Å². The standard InChI is InChI=1S/C25H20N6OS/c1-32-22-14-12-18(13-15-22)23-20(17-30(29-23)21-10-6-3-7-11-21)16-26-31-24(27-28-25(31)33)19-8-4-2-5-9-19/h2-17H,1H3,(H,28,33)/b26-16+. The average molecular weight is 453 g/mol. The average Bonchev–Trinajstić information content (AvgIpc) is 3.47. The molecular formula is C25H20N6OS. The van der Waals surface area contributed by atoms with E-state index in [0.717, 1.165) is 33.8 Å².